The second kappa shape index (κ2) is 27.7. The number of aliphatic hydroxyl groups is 2. The Labute approximate surface area is 438 Å². The van der Waals surface area contributed by atoms with Gasteiger partial charge in [-0.05, 0) is 86.4 Å². The number of alkyl carbamates (subject to hydrolysis) is 1. The molecule has 0 aliphatic carbocycles. The van der Waals surface area contributed by atoms with Gasteiger partial charge in [0.25, 0.3) is 0 Å². The third-order valence-corrected chi connectivity index (χ3v) is 20.8. The van der Waals surface area contributed by atoms with Gasteiger partial charge in [0.2, 0.25) is 0 Å². The van der Waals surface area contributed by atoms with Crippen LogP contribution in [0.25, 0.3) is 0 Å². The fraction of sp³-hybridized carbons (Fsp3) is 0.644. The Bertz CT molecular complexity index is 2030. The molecule has 0 unspecified atom stereocenters. The summed E-state index contributed by atoms with van der Waals surface area (Å²) in [6.45, 7) is 17.0. The molecule has 3 aromatic rings. The molecule has 13 nitrogen and oxygen atoms in total. The summed E-state index contributed by atoms with van der Waals surface area (Å²) in [7, 11) is 3.49. The van der Waals surface area contributed by atoms with Crippen LogP contribution in [0.15, 0.2) is 91.0 Å². The van der Waals surface area contributed by atoms with Crippen molar-refractivity contribution in [1.82, 2.24) is 15.1 Å². The van der Waals surface area contributed by atoms with Gasteiger partial charge in [0, 0.05) is 19.5 Å². The SMILES string of the molecule is CC[C@H]1OC(=O)[C@H](C)C[C@H](C)[C@@H](O[C@@H]2O[C@H](C)C[C@H](N(C)C)[C@H]2OC(C)=O)[C@](C)(O)C[C@@H](C)CN(C)[C@H](C)[C@@H](OC(=O)NCCCCCCCC[PH](c2ccccc2)(c2ccccc2)c2ccccc2)[C@]1(C)O. The van der Waals surface area contributed by atoms with Crippen molar-refractivity contribution in [1.29, 1.82) is 0 Å². The van der Waals surface area contributed by atoms with E-state index in [0.29, 0.717) is 25.9 Å². The number of nitrogens with one attached hydrogen (secondary N) is 1. The van der Waals surface area contributed by atoms with E-state index in [0.717, 1.165) is 44.7 Å². The van der Waals surface area contributed by atoms with Crippen LogP contribution in [0.1, 0.15) is 127 Å². The summed E-state index contributed by atoms with van der Waals surface area (Å²) in [5.41, 5.74) is -3.20. The molecule has 2 aliphatic heterocycles. The van der Waals surface area contributed by atoms with Gasteiger partial charge >= 0.3 is 204 Å². The number of amides is 1. The third-order valence-electron chi connectivity index (χ3n) is 15.7. The first-order valence-corrected chi connectivity index (χ1v) is 29.4. The number of hydrogen-bond acceptors (Lipinski definition) is 12. The molecule has 0 saturated carbocycles. The molecule has 0 aromatic heterocycles. The number of carbonyl (C=O) groups is 3. The molecule has 2 heterocycles. The maximum absolute atomic E-state index is 14.0. The largest absolute Gasteiger partial charge is 0.382 e. The molecular weight excluding hydrogens is 942 g/mol. The molecule has 0 spiro atoms. The zero-order chi connectivity index (χ0) is 53.5. The minimum Gasteiger partial charge on any atom is -0.382 e. The molecule has 408 valence electrons. The molecule has 3 aromatic carbocycles. The number of carbonyl (C=O) groups excluding carboxylic acids is 3. The molecule has 14 heteroatoms. The molecule has 1 amide bonds. The van der Waals surface area contributed by atoms with E-state index in [9.17, 15) is 24.6 Å². The van der Waals surface area contributed by atoms with E-state index in [4.69, 9.17) is 23.7 Å². The summed E-state index contributed by atoms with van der Waals surface area (Å²) >= 11 is 0. The van der Waals surface area contributed by atoms with Crippen LogP contribution in [0.2, 0.25) is 0 Å². The summed E-state index contributed by atoms with van der Waals surface area (Å²) in [6.07, 6.45) is 3.17. The van der Waals surface area contributed by atoms with Crippen LogP contribution >= 0.6 is 7.26 Å². The van der Waals surface area contributed by atoms with E-state index in [-0.39, 0.29) is 30.9 Å². The minimum atomic E-state index is -2.26. The van der Waals surface area contributed by atoms with Crippen molar-refractivity contribution in [3.63, 3.8) is 0 Å². The Balaban J connectivity index is 1.22. The van der Waals surface area contributed by atoms with Crippen molar-refractivity contribution in [2.75, 3.05) is 40.4 Å². The van der Waals surface area contributed by atoms with E-state index in [2.05, 4.69) is 96.3 Å². The van der Waals surface area contributed by atoms with Gasteiger partial charge in [-0.1, -0.05) is 27.7 Å². The van der Waals surface area contributed by atoms with Gasteiger partial charge in [0.1, 0.15) is 11.7 Å². The van der Waals surface area contributed by atoms with E-state index < -0.39 is 85.1 Å². The van der Waals surface area contributed by atoms with E-state index in [1.807, 2.05) is 65.6 Å². The molecule has 5 rings (SSSR count). The summed E-state index contributed by atoms with van der Waals surface area (Å²) in [4.78, 5) is 44.1. The molecular formula is C59H92N3O10P. The molecule has 13 atom stereocenters. The number of benzene rings is 3. The van der Waals surface area contributed by atoms with E-state index in [1.165, 1.54) is 22.8 Å². The Morgan fingerprint density at radius 1 is 0.795 bits per heavy atom. The van der Waals surface area contributed by atoms with Crippen LogP contribution in [0, 0.1) is 17.8 Å². The normalized spacial score (nSPS) is 31.4. The maximum atomic E-state index is 14.0. The summed E-state index contributed by atoms with van der Waals surface area (Å²) in [6, 6.07) is 32.4. The van der Waals surface area contributed by atoms with Gasteiger partial charge in [-0.15, -0.1) is 0 Å². The molecule has 3 N–H and O–H groups in total. The number of rotatable bonds is 18. The van der Waals surface area contributed by atoms with Gasteiger partial charge in [0.05, 0.1) is 29.8 Å². The summed E-state index contributed by atoms with van der Waals surface area (Å²) in [5, 5.41) is 32.2. The van der Waals surface area contributed by atoms with Crippen molar-refractivity contribution in [3.8, 4) is 0 Å². The Kier molecular flexibility index (Phi) is 22.8. The first-order chi connectivity index (χ1) is 34.6. The van der Waals surface area contributed by atoms with E-state index in [1.54, 1.807) is 20.8 Å². The topological polar surface area (TPSA) is 156 Å². The average Bonchev–Trinajstić information content (AvgIpc) is 3.35. The zero-order valence-corrected chi connectivity index (χ0v) is 47.3. The number of unbranched alkanes of at least 4 members (excludes halogenated alkanes) is 5. The van der Waals surface area contributed by atoms with Crippen LogP contribution in [-0.2, 0) is 33.3 Å². The summed E-state index contributed by atoms with van der Waals surface area (Å²) < 4.78 is 31.3. The fourth-order valence-electron chi connectivity index (χ4n) is 12.0. The van der Waals surface area contributed by atoms with Gasteiger partial charge in [-0.3, -0.25) is 14.5 Å². The smallest absolute Gasteiger partial charge is 0.137 e. The number of likely N-dealkylation sites (N-methyl/N-ethyl adjacent to an activating group) is 2. The van der Waals surface area contributed by atoms with Crippen molar-refractivity contribution in [2.45, 2.75) is 187 Å². The van der Waals surface area contributed by atoms with Gasteiger partial charge in [-0.25, -0.2) is 0 Å². The molecule has 0 radical (unpaired) electrons. The Morgan fingerprint density at radius 2 is 1.33 bits per heavy atom. The minimum absolute atomic E-state index is 0.117. The standard InChI is InChI=1S/C59H92N3O10P/c1-13-51-59(9,67)54(72-57(65)60-35-27-16-14-15-17-28-36-73(47-29-21-18-22-30-47,48-31-23-19-24-32-48)49-33-25-20-26-34-49)45(6)62(12)40-41(2)39-58(8,66)53(42(3)37-43(4)55(64)70-51)71-56-52(69-46(7)63)50(61(10)11)38-44(5)68-56/h18-26,29-34,41-45,50-54,56,66-67,73H,13-17,27-28,35-40H2,1-12H3,(H,60,65)/t41-,42+,43-,44-,45-,50+,51-,52-,53-,54-,56+,58-,59-/m1/s1. The second-order valence-electron chi connectivity index (χ2n) is 22.4. The monoisotopic (exact) mass is 1030 g/mol. The number of hydrogen-bond donors (Lipinski definition) is 3. The maximum Gasteiger partial charge on any atom is 0.137 e. The molecule has 2 saturated heterocycles. The van der Waals surface area contributed by atoms with Crippen LogP contribution in [0.4, 0.5) is 4.79 Å². The predicted molar refractivity (Wildman–Crippen MR) is 294 cm³/mol. The number of esters is 2. The molecule has 2 fully saturated rings. The van der Waals surface area contributed by atoms with Crippen LogP contribution in [0.3, 0.4) is 0 Å². The number of cyclic esters (lactones) is 1. The second-order valence-corrected chi connectivity index (χ2v) is 26.4. The van der Waals surface area contributed by atoms with Crippen LogP contribution in [0.5, 0.6) is 0 Å². The first kappa shape index (κ1) is 59.9. The number of ether oxygens (including phenoxy) is 5. The Morgan fingerprint density at radius 3 is 1.85 bits per heavy atom. The van der Waals surface area contributed by atoms with Crippen molar-refractivity contribution in [2.24, 2.45) is 17.8 Å². The average molecular weight is 1030 g/mol. The van der Waals surface area contributed by atoms with Gasteiger partial charge in [0.15, 0.2) is 12.4 Å². The van der Waals surface area contributed by atoms with Crippen LogP contribution < -0.4 is 21.2 Å². The Hall–Kier alpha value is -3.94. The molecule has 73 heavy (non-hydrogen) atoms. The number of nitrogens with zero attached hydrogens (tertiary/aromatic N) is 2. The molecule has 2 aliphatic rings. The zero-order valence-electron chi connectivity index (χ0n) is 46.3. The van der Waals surface area contributed by atoms with Gasteiger partial charge in [-0.2, -0.15) is 0 Å². The molecule has 0 bridgehead atoms. The fourth-order valence-corrected chi connectivity index (χ4v) is 16.9. The van der Waals surface area contributed by atoms with E-state index >= 15 is 0 Å². The van der Waals surface area contributed by atoms with Crippen molar-refractivity contribution < 1.29 is 48.3 Å². The third kappa shape index (κ3) is 16.0. The van der Waals surface area contributed by atoms with Crippen molar-refractivity contribution in [3.05, 3.63) is 91.0 Å². The quantitative estimate of drug-likeness (QED) is 0.0485. The predicted octanol–water partition coefficient (Wildman–Crippen LogP) is 8.38. The van der Waals surface area contributed by atoms with Crippen molar-refractivity contribution >= 4 is 41.2 Å². The summed E-state index contributed by atoms with van der Waals surface area (Å²) in [5.74, 6) is -2.16. The van der Waals surface area contributed by atoms with Gasteiger partial charge < -0.3 is 34.1 Å². The van der Waals surface area contributed by atoms with Crippen LogP contribution in [-0.4, -0.2) is 139 Å². The first-order valence-electron chi connectivity index (χ1n) is 27.2.